The van der Waals surface area contributed by atoms with E-state index in [4.69, 9.17) is 11.6 Å². The van der Waals surface area contributed by atoms with Gasteiger partial charge in [-0.25, -0.2) is 4.98 Å². The largest absolute Gasteiger partial charge is 0.307 e. The number of carbonyl (C=O) groups excluding carboxylic acids is 1. The number of anilines is 1. The van der Waals surface area contributed by atoms with Crippen LogP contribution in [0.1, 0.15) is 10.4 Å². The van der Waals surface area contributed by atoms with E-state index in [1.165, 1.54) is 0 Å². The van der Waals surface area contributed by atoms with Gasteiger partial charge in [-0.1, -0.05) is 48.0 Å². The van der Waals surface area contributed by atoms with Crippen molar-refractivity contribution in [3.05, 3.63) is 71.4 Å². The van der Waals surface area contributed by atoms with Gasteiger partial charge in [0.05, 0.1) is 0 Å². The van der Waals surface area contributed by atoms with E-state index < -0.39 is 0 Å². The molecule has 0 saturated heterocycles. The number of nitrogens with one attached hydrogen (secondary N) is 1. The summed E-state index contributed by atoms with van der Waals surface area (Å²) in [7, 11) is 0. The van der Waals surface area contributed by atoms with Crippen molar-refractivity contribution in [2.24, 2.45) is 0 Å². The predicted octanol–water partition coefficient (Wildman–Crippen LogP) is 4.14. The third kappa shape index (κ3) is 2.63. The second kappa shape index (κ2) is 5.31. The molecule has 0 aliphatic heterocycles. The Kier molecular flexibility index (Phi) is 3.35. The van der Waals surface area contributed by atoms with Gasteiger partial charge >= 0.3 is 0 Å². The summed E-state index contributed by atoms with van der Waals surface area (Å²) in [5.74, 6) is 0.237. The second-order valence-electron chi connectivity index (χ2n) is 4.36. The lowest BCUT2D eigenvalue weighted by molar-refractivity contribution is 0.102. The van der Waals surface area contributed by atoms with Gasteiger partial charge in [-0.15, -0.1) is 0 Å². The zero-order valence-electron chi connectivity index (χ0n) is 10.5. The Morgan fingerprint density at radius 3 is 2.55 bits per heavy atom. The van der Waals surface area contributed by atoms with Crippen LogP contribution >= 0.6 is 11.6 Å². The fourth-order valence-electron chi connectivity index (χ4n) is 2.00. The maximum absolute atomic E-state index is 12.2. The van der Waals surface area contributed by atoms with E-state index in [9.17, 15) is 4.79 Å². The normalized spacial score (nSPS) is 10.4. The number of fused-ring (bicyclic) bond motifs is 1. The maximum Gasteiger partial charge on any atom is 0.256 e. The van der Waals surface area contributed by atoms with Gasteiger partial charge in [0.2, 0.25) is 0 Å². The quantitative estimate of drug-likeness (QED) is 0.718. The van der Waals surface area contributed by atoms with Gasteiger partial charge in [-0.05, 0) is 35.0 Å². The number of halogens is 1. The molecule has 0 atom stereocenters. The molecule has 98 valence electrons. The molecule has 1 aromatic heterocycles. The summed E-state index contributed by atoms with van der Waals surface area (Å²) in [6, 6.07) is 18.6. The molecule has 0 saturated carbocycles. The number of hydrogen-bond donors (Lipinski definition) is 1. The van der Waals surface area contributed by atoms with E-state index in [0.29, 0.717) is 16.5 Å². The first-order chi connectivity index (χ1) is 9.72. The van der Waals surface area contributed by atoms with Crippen LogP contribution in [-0.2, 0) is 0 Å². The molecule has 0 fully saturated rings. The summed E-state index contributed by atoms with van der Waals surface area (Å²) in [5, 5.41) is 5.21. The average molecular weight is 283 g/mol. The first kappa shape index (κ1) is 12.6. The minimum atomic E-state index is -0.203. The van der Waals surface area contributed by atoms with Crippen LogP contribution in [0.4, 0.5) is 5.82 Å². The van der Waals surface area contributed by atoms with Gasteiger partial charge in [0.1, 0.15) is 11.0 Å². The molecule has 3 rings (SSSR count). The van der Waals surface area contributed by atoms with Crippen molar-refractivity contribution in [3.63, 3.8) is 0 Å². The van der Waals surface area contributed by atoms with Crippen LogP contribution in [0.2, 0.25) is 5.15 Å². The minimum Gasteiger partial charge on any atom is -0.307 e. The first-order valence-electron chi connectivity index (χ1n) is 6.15. The van der Waals surface area contributed by atoms with Crippen LogP contribution < -0.4 is 5.32 Å². The van der Waals surface area contributed by atoms with Crippen LogP contribution in [-0.4, -0.2) is 10.9 Å². The number of rotatable bonds is 2. The van der Waals surface area contributed by atoms with Crippen molar-refractivity contribution < 1.29 is 4.79 Å². The Bertz CT molecular complexity index is 786. The maximum atomic E-state index is 12.2. The first-order valence-corrected chi connectivity index (χ1v) is 6.53. The van der Waals surface area contributed by atoms with Crippen LogP contribution in [0.25, 0.3) is 10.8 Å². The summed E-state index contributed by atoms with van der Waals surface area (Å²) < 4.78 is 0. The molecule has 1 heterocycles. The summed E-state index contributed by atoms with van der Waals surface area (Å²) in [6.07, 6.45) is 0. The Balaban J connectivity index is 1.88. The van der Waals surface area contributed by atoms with E-state index in [1.807, 2.05) is 36.4 Å². The average Bonchev–Trinajstić information content (AvgIpc) is 2.47. The van der Waals surface area contributed by atoms with Crippen molar-refractivity contribution in [1.29, 1.82) is 0 Å². The van der Waals surface area contributed by atoms with Gasteiger partial charge in [0.25, 0.3) is 5.91 Å². The zero-order valence-corrected chi connectivity index (χ0v) is 11.3. The van der Waals surface area contributed by atoms with E-state index in [1.54, 1.807) is 24.3 Å². The molecule has 2 aromatic carbocycles. The predicted molar refractivity (Wildman–Crippen MR) is 81.1 cm³/mol. The molecule has 0 radical (unpaired) electrons. The number of benzene rings is 2. The van der Waals surface area contributed by atoms with Gasteiger partial charge in [0.15, 0.2) is 0 Å². The monoisotopic (exact) mass is 282 g/mol. The number of carbonyl (C=O) groups is 1. The zero-order chi connectivity index (χ0) is 13.9. The molecule has 3 nitrogen and oxygen atoms in total. The molecule has 1 N–H and O–H groups in total. The second-order valence-corrected chi connectivity index (χ2v) is 4.75. The third-order valence-electron chi connectivity index (χ3n) is 2.97. The molecule has 0 aliphatic carbocycles. The smallest absolute Gasteiger partial charge is 0.256 e. The lowest BCUT2D eigenvalue weighted by Crippen LogP contribution is -2.12. The Labute approximate surface area is 121 Å². The number of pyridine rings is 1. The Hall–Kier alpha value is -2.39. The topological polar surface area (TPSA) is 42.0 Å². The summed E-state index contributed by atoms with van der Waals surface area (Å²) in [4.78, 5) is 16.2. The SMILES string of the molecule is O=C(Nc1cccc(Cl)n1)c1ccc2ccccc2c1. The molecule has 20 heavy (non-hydrogen) atoms. The summed E-state index contributed by atoms with van der Waals surface area (Å²) in [6.45, 7) is 0. The molecule has 0 unspecified atom stereocenters. The molecule has 0 aliphatic rings. The lowest BCUT2D eigenvalue weighted by atomic mass is 10.1. The van der Waals surface area contributed by atoms with Crippen molar-refractivity contribution in [2.75, 3.05) is 5.32 Å². The van der Waals surface area contributed by atoms with Crippen molar-refractivity contribution in [3.8, 4) is 0 Å². The highest BCUT2D eigenvalue weighted by Crippen LogP contribution is 2.17. The Morgan fingerprint density at radius 2 is 1.75 bits per heavy atom. The summed E-state index contributed by atoms with van der Waals surface area (Å²) in [5.41, 5.74) is 0.588. The molecule has 3 aromatic rings. The van der Waals surface area contributed by atoms with Gasteiger partial charge in [0, 0.05) is 5.56 Å². The Morgan fingerprint density at radius 1 is 0.950 bits per heavy atom. The standard InChI is InChI=1S/C16H11ClN2O/c17-14-6-3-7-15(18-14)19-16(20)13-9-8-11-4-1-2-5-12(11)10-13/h1-10H,(H,18,19,20). The van der Waals surface area contributed by atoms with E-state index in [0.717, 1.165) is 10.8 Å². The number of nitrogens with zero attached hydrogens (tertiary/aromatic N) is 1. The van der Waals surface area contributed by atoms with Crippen LogP contribution in [0.3, 0.4) is 0 Å². The van der Waals surface area contributed by atoms with Crippen LogP contribution in [0, 0.1) is 0 Å². The van der Waals surface area contributed by atoms with Crippen LogP contribution in [0.15, 0.2) is 60.7 Å². The third-order valence-corrected chi connectivity index (χ3v) is 3.18. The van der Waals surface area contributed by atoms with Crippen molar-refractivity contribution in [2.45, 2.75) is 0 Å². The highest BCUT2D eigenvalue weighted by molar-refractivity contribution is 6.29. The van der Waals surface area contributed by atoms with E-state index in [-0.39, 0.29) is 5.91 Å². The summed E-state index contributed by atoms with van der Waals surface area (Å²) >= 11 is 5.79. The van der Waals surface area contributed by atoms with E-state index >= 15 is 0 Å². The van der Waals surface area contributed by atoms with Crippen molar-refractivity contribution in [1.82, 2.24) is 4.98 Å². The van der Waals surface area contributed by atoms with Crippen LogP contribution in [0.5, 0.6) is 0 Å². The minimum absolute atomic E-state index is 0.203. The fraction of sp³-hybridized carbons (Fsp3) is 0. The highest BCUT2D eigenvalue weighted by Gasteiger charge is 2.07. The van der Waals surface area contributed by atoms with Gasteiger partial charge in [-0.3, -0.25) is 4.79 Å². The molecule has 0 bridgehead atoms. The fourth-order valence-corrected chi connectivity index (χ4v) is 2.16. The molecular weight excluding hydrogens is 272 g/mol. The van der Waals surface area contributed by atoms with Gasteiger partial charge < -0.3 is 5.32 Å². The van der Waals surface area contributed by atoms with Gasteiger partial charge in [-0.2, -0.15) is 0 Å². The number of amides is 1. The molecule has 4 heteroatoms. The highest BCUT2D eigenvalue weighted by atomic mass is 35.5. The molecular formula is C16H11ClN2O. The van der Waals surface area contributed by atoms with Crippen molar-refractivity contribution >= 4 is 34.1 Å². The molecule has 1 amide bonds. The number of hydrogen-bond acceptors (Lipinski definition) is 2. The lowest BCUT2D eigenvalue weighted by Gasteiger charge is -2.06. The molecule has 0 spiro atoms. The van der Waals surface area contributed by atoms with E-state index in [2.05, 4.69) is 10.3 Å². The number of aromatic nitrogens is 1.